The van der Waals surface area contributed by atoms with Crippen molar-refractivity contribution in [3.8, 4) is 15.6 Å². The summed E-state index contributed by atoms with van der Waals surface area (Å²) in [6.45, 7) is 5.52. The van der Waals surface area contributed by atoms with Gasteiger partial charge in [-0.15, -0.1) is 22.7 Å². The Morgan fingerprint density at radius 2 is 2.03 bits per heavy atom. The van der Waals surface area contributed by atoms with Crippen molar-refractivity contribution in [2.45, 2.75) is 13.0 Å². The number of thiophene rings is 1. The van der Waals surface area contributed by atoms with Gasteiger partial charge in [0.05, 0.1) is 36.9 Å². The molecule has 0 saturated carbocycles. The minimum Gasteiger partial charge on any atom is -0.497 e. The van der Waals surface area contributed by atoms with Crippen LogP contribution in [0.5, 0.6) is 5.75 Å². The zero-order valence-electron chi connectivity index (χ0n) is 17.1. The van der Waals surface area contributed by atoms with Crippen molar-refractivity contribution in [2.24, 2.45) is 0 Å². The summed E-state index contributed by atoms with van der Waals surface area (Å²) in [5, 5.41) is 6.06. The summed E-state index contributed by atoms with van der Waals surface area (Å²) in [5.74, 6) is 0.754. The molecule has 0 aliphatic carbocycles. The summed E-state index contributed by atoms with van der Waals surface area (Å²) < 4.78 is 10.8. The smallest absolute Gasteiger partial charge is 0.263 e. The van der Waals surface area contributed by atoms with E-state index < -0.39 is 0 Å². The van der Waals surface area contributed by atoms with Gasteiger partial charge in [0.15, 0.2) is 0 Å². The van der Waals surface area contributed by atoms with Crippen molar-refractivity contribution in [1.82, 2.24) is 15.2 Å². The Morgan fingerprint density at radius 3 is 2.70 bits per heavy atom. The summed E-state index contributed by atoms with van der Waals surface area (Å²) in [6.07, 6.45) is 0. The predicted molar refractivity (Wildman–Crippen MR) is 121 cm³/mol. The Hall–Kier alpha value is -2.26. The zero-order valence-corrected chi connectivity index (χ0v) is 18.7. The van der Waals surface area contributed by atoms with Crippen molar-refractivity contribution < 1.29 is 14.3 Å². The van der Waals surface area contributed by atoms with E-state index >= 15 is 0 Å². The van der Waals surface area contributed by atoms with E-state index in [1.54, 1.807) is 18.4 Å². The molecule has 2 aromatic heterocycles. The number of ether oxygens (including phenoxy) is 2. The summed E-state index contributed by atoms with van der Waals surface area (Å²) >= 11 is 3.08. The molecule has 1 fully saturated rings. The molecule has 1 saturated heterocycles. The number of hydrogen-bond donors (Lipinski definition) is 1. The molecule has 158 valence electrons. The van der Waals surface area contributed by atoms with Crippen LogP contribution in [0.25, 0.3) is 9.88 Å². The Balaban J connectivity index is 1.49. The minimum atomic E-state index is -0.0698. The van der Waals surface area contributed by atoms with Crippen LogP contribution in [-0.2, 0) is 4.74 Å². The van der Waals surface area contributed by atoms with Crippen molar-refractivity contribution in [1.29, 1.82) is 0 Å². The van der Waals surface area contributed by atoms with Gasteiger partial charge in [-0.1, -0.05) is 18.2 Å². The standard InChI is InChI=1S/C22H25N3O3S2/c1-15-20(30-22(24-15)19-4-3-13-29-19)21(26)23-14-18(25-9-11-28-12-10-25)16-5-7-17(27-2)8-6-16/h3-8,13,18H,9-12,14H2,1-2H3,(H,23,26). The topological polar surface area (TPSA) is 63.7 Å². The third-order valence-corrected chi connectivity index (χ3v) is 7.37. The van der Waals surface area contributed by atoms with Gasteiger partial charge in [-0.2, -0.15) is 0 Å². The summed E-state index contributed by atoms with van der Waals surface area (Å²) in [6, 6.07) is 12.2. The molecule has 0 radical (unpaired) electrons. The minimum absolute atomic E-state index is 0.0698. The lowest BCUT2D eigenvalue weighted by molar-refractivity contribution is 0.0162. The lowest BCUT2D eigenvalue weighted by atomic mass is 10.0. The predicted octanol–water partition coefficient (Wildman–Crippen LogP) is 3.99. The largest absolute Gasteiger partial charge is 0.497 e. The third-order valence-electron chi connectivity index (χ3n) is 5.18. The highest BCUT2D eigenvalue weighted by Gasteiger charge is 2.24. The van der Waals surface area contributed by atoms with Crippen LogP contribution in [0.1, 0.15) is 27.0 Å². The molecule has 1 N–H and O–H groups in total. The second kappa shape index (κ2) is 9.70. The summed E-state index contributed by atoms with van der Waals surface area (Å²) in [7, 11) is 1.66. The Bertz CT molecular complexity index is 964. The van der Waals surface area contributed by atoms with Gasteiger partial charge in [0, 0.05) is 19.6 Å². The number of morpholine rings is 1. The average Bonchev–Trinajstić information content (AvgIpc) is 3.45. The number of aryl methyl sites for hydroxylation is 1. The van der Waals surface area contributed by atoms with Gasteiger partial charge < -0.3 is 14.8 Å². The fraction of sp³-hybridized carbons (Fsp3) is 0.364. The zero-order chi connectivity index (χ0) is 20.9. The fourth-order valence-corrected chi connectivity index (χ4v) is 5.33. The van der Waals surface area contributed by atoms with Crippen molar-refractivity contribution in [2.75, 3.05) is 40.0 Å². The highest BCUT2D eigenvalue weighted by atomic mass is 32.1. The van der Waals surface area contributed by atoms with Gasteiger partial charge in [0.25, 0.3) is 5.91 Å². The Labute approximate surface area is 184 Å². The fourth-order valence-electron chi connectivity index (χ4n) is 3.56. The number of thiazole rings is 1. The van der Waals surface area contributed by atoms with E-state index in [-0.39, 0.29) is 11.9 Å². The number of carbonyl (C=O) groups is 1. The Morgan fingerprint density at radius 1 is 1.27 bits per heavy atom. The van der Waals surface area contributed by atoms with Crippen molar-refractivity contribution >= 4 is 28.6 Å². The molecular weight excluding hydrogens is 418 g/mol. The van der Waals surface area contributed by atoms with Gasteiger partial charge >= 0.3 is 0 Å². The highest BCUT2D eigenvalue weighted by Crippen LogP contribution is 2.31. The van der Waals surface area contributed by atoms with Crippen LogP contribution in [0, 0.1) is 6.92 Å². The normalized spacial score (nSPS) is 15.7. The van der Waals surface area contributed by atoms with Crippen LogP contribution in [-0.4, -0.2) is 55.7 Å². The van der Waals surface area contributed by atoms with E-state index in [0.717, 1.165) is 40.0 Å². The summed E-state index contributed by atoms with van der Waals surface area (Å²) in [5.41, 5.74) is 1.92. The lowest BCUT2D eigenvalue weighted by Gasteiger charge is -2.35. The van der Waals surface area contributed by atoms with Crippen molar-refractivity contribution in [3.63, 3.8) is 0 Å². The van der Waals surface area contributed by atoms with Crippen LogP contribution < -0.4 is 10.1 Å². The number of rotatable bonds is 7. The molecule has 1 aliphatic heterocycles. The van der Waals surface area contributed by atoms with E-state index in [1.165, 1.54) is 11.3 Å². The van der Waals surface area contributed by atoms with Crippen LogP contribution in [0.2, 0.25) is 0 Å². The van der Waals surface area contributed by atoms with Gasteiger partial charge in [-0.05, 0) is 36.1 Å². The monoisotopic (exact) mass is 443 g/mol. The number of carbonyl (C=O) groups excluding carboxylic acids is 1. The van der Waals surface area contributed by atoms with E-state index in [2.05, 4.69) is 27.3 Å². The molecule has 4 rings (SSSR count). The number of nitrogens with zero attached hydrogens (tertiary/aromatic N) is 2. The molecule has 1 aliphatic rings. The first-order chi connectivity index (χ1) is 14.7. The molecule has 3 heterocycles. The van der Waals surface area contributed by atoms with E-state index in [1.807, 2.05) is 36.6 Å². The van der Waals surface area contributed by atoms with Gasteiger partial charge in [0.1, 0.15) is 15.6 Å². The molecule has 8 heteroatoms. The molecule has 0 spiro atoms. The van der Waals surface area contributed by atoms with E-state index in [4.69, 9.17) is 9.47 Å². The molecule has 1 amide bonds. The van der Waals surface area contributed by atoms with Crippen LogP contribution in [0.15, 0.2) is 41.8 Å². The van der Waals surface area contributed by atoms with Gasteiger partial charge in [-0.25, -0.2) is 4.98 Å². The molecule has 1 unspecified atom stereocenters. The molecule has 3 aromatic rings. The SMILES string of the molecule is COc1ccc(C(CNC(=O)c2sc(-c3cccs3)nc2C)N2CCOCC2)cc1. The average molecular weight is 444 g/mol. The van der Waals surface area contributed by atoms with E-state index in [9.17, 15) is 4.79 Å². The molecule has 6 nitrogen and oxygen atoms in total. The number of amides is 1. The number of aromatic nitrogens is 1. The molecule has 1 aromatic carbocycles. The van der Waals surface area contributed by atoms with Crippen LogP contribution in [0.3, 0.4) is 0 Å². The third kappa shape index (κ3) is 4.73. The first-order valence-corrected chi connectivity index (χ1v) is 11.6. The Kier molecular flexibility index (Phi) is 6.79. The van der Waals surface area contributed by atoms with Gasteiger partial charge in [0.2, 0.25) is 0 Å². The second-order valence-corrected chi connectivity index (χ2v) is 9.00. The maximum absolute atomic E-state index is 13.0. The number of benzene rings is 1. The maximum Gasteiger partial charge on any atom is 0.263 e. The quantitative estimate of drug-likeness (QED) is 0.598. The molecule has 0 bridgehead atoms. The van der Waals surface area contributed by atoms with Gasteiger partial charge in [-0.3, -0.25) is 9.69 Å². The number of methoxy groups -OCH3 is 1. The lowest BCUT2D eigenvalue weighted by Crippen LogP contribution is -2.43. The summed E-state index contributed by atoms with van der Waals surface area (Å²) in [4.78, 5) is 21.7. The van der Waals surface area contributed by atoms with Crippen LogP contribution in [0.4, 0.5) is 0 Å². The first-order valence-electron chi connectivity index (χ1n) is 9.91. The number of hydrogen-bond acceptors (Lipinski definition) is 7. The molecule has 1 atom stereocenters. The molecular formula is C22H25N3O3S2. The first kappa shape index (κ1) is 21.0. The van der Waals surface area contributed by atoms with E-state index in [0.29, 0.717) is 24.6 Å². The number of nitrogens with one attached hydrogen (secondary N) is 1. The maximum atomic E-state index is 13.0. The highest BCUT2D eigenvalue weighted by molar-refractivity contribution is 7.22. The second-order valence-electron chi connectivity index (χ2n) is 7.06. The molecule has 30 heavy (non-hydrogen) atoms. The van der Waals surface area contributed by atoms with Crippen LogP contribution >= 0.6 is 22.7 Å². The van der Waals surface area contributed by atoms with Crippen molar-refractivity contribution in [3.05, 3.63) is 57.9 Å².